The zero-order valence-corrected chi connectivity index (χ0v) is 10.2. The molecule has 1 aliphatic rings. The van der Waals surface area contributed by atoms with Crippen molar-refractivity contribution in [1.29, 1.82) is 0 Å². The van der Waals surface area contributed by atoms with E-state index in [0.717, 1.165) is 11.3 Å². The number of benzene rings is 1. The largest absolute Gasteiger partial charge is 0.261 e. The van der Waals surface area contributed by atoms with Crippen molar-refractivity contribution in [2.45, 2.75) is 32.6 Å². The summed E-state index contributed by atoms with van der Waals surface area (Å²) in [4.78, 5) is 4.41. The Labute approximate surface area is 102 Å². The molecule has 0 heterocycles. The maximum absolute atomic E-state index is 13.1. The Hall–Kier alpha value is -1.44. The van der Waals surface area contributed by atoms with E-state index in [1.807, 2.05) is 6.21 Å². The van der Waals surface area contributed by atoms with Gasteiger partial charge in [0, 0.05) is 6.21 Å². The van der Waals surface area contributed by atoms with Gasteiger partial charge in [-0.1, -0.05) is 19.4 Å². The van der Waals surface area contributed by atoms with Crippen molar-refractivity contribution >= 4 is 11.9 Å². The van der Waals surface area contributed by atoms with E-state index in [9.17, 15) is 4.39 Å². The fourth-order valence-electron chi connectivity index (χ4n) is 2.20. The van der Waals surface area contributed by atoms with Crippen LogP contribution < -0.4 is 0 Å². The van der Waals surface area contributed by atoms with Gasteiger partial charge in [-0.05, 0) is 55.0 Å². The first-order chi connectivity index (χ1) is 8.16. The summed E-state index contributed by atoms with van der Waals surface area (Å²) >= 11 is 0. The van der Waals surface area contributed by atoms with Gasteiger partial charge < -0.3 is 0 Å². The standard InChI is InChI=1S/C15H18FN/c1-11-9-14(7-8-15(11)16)12(2)17-10-13-5-3-4-6-13/h7-10,13H,2-6H2,1H3. The number of nitrogens with zero attached hydrogens (tertiary/aromatic N) is 1. The van der Waals surface area contributed by atoms with Gasteiger partial charge in [0.15, 0.2) is 0 Å². The van der Waals surface area contributed by atoms with Crippen molar-refractivity contribution in [3.63, 3.8) is 0 Å². The molecule has 0 spiro atoms. The molecule has 1 nitrogen and oxygen atoms in total. The first-order valence-corrected chi connectivity index (χ1v) is 6.16. The molecule has 1 aromatic carbocycles. The molecule has 0 bridgehead atoms. The predicted octanol–water partition coefficient (Wildman–Crippen LogP) is 4.37. The second-order valence-corrected chi connectivity index (χ2v) is 4.73. The molecule has 0 unspecified atom stereocenters. The molecule has 0 radical (unpaired) electrons. The zero-order valence-electron chi connectivity index (χ0n) is 10.2. The molecule has 0 amide bonds. The molecule has 17 heavy (non-hydrogen) atoms. The number of aliphatic imine (C=N–C) groups is 1. The fraction of sp³-hybridized carbons (Fsp3) is 0.400. The van der Waals surface area contributed by atoms with Gasteiger partial charge in [0.1, 0.15) is 5.82 Å². The summed E-state index contributed by atoms with van der Waals surface area (Å²) in [6.07, 6.45) is 7.09. The van der Waals surface area contributed by atoms with Crippen molar-refractivity contribution in [3.8, 4) is 0 Å². The Morgan fingerprint density at radius 3 is 2.76 bits per heavy atom. The van der Waals surface area contributed by atoms with Crippen molar-refractivity contribution in [3.05, 3.63) is 41.7 Å². The minimum absolute atomic E-state index is 0.179. The molecule has 0 atom stereocenters. The summed E-state index contributed by atoms with van der Waals surface area (Å²) in [6, 6.07) is 5.00. The summed E-state index contributed by atoms with van der Waals surface area (Å²) in [5, 5.41) is 0. The van der Waals surface area contributed by atoms with E-state index in [4.69, 9.17) is 0 Å². The first kappa shape index (κ1) is 12.0. The minimum Gasteiger partial charge on any atom is -0.261 e. The summed E-state index contributed by atoms with van der Waals surface area (Å²) in [5.74, 6) is 0.426. The average Bonchev–Trinajstić information content (AvgIpc) is 2.82. The smallest absolute Gasteiger partial charge is 0.126 e. The van der Waals surface area contributed by atoms with Gasteiger partial charge in [0.05, 0.1) is 5.70 Å². The van der Waals surface area contributed by atoms with Gasteiger partial charge in [-0.2, -0.15) is 0 Å². The maximum atomic E-state index is 13.1. The van der Waals surface area contributed by atoms with Crippen LogP contribution in [0.15, 0.2) is 29.8 Å². The minimum atomic E-state index is -0.179. The lowest BCUT2D eigenvalue weighted by molar-refractivity contribution is 0.618. The molecule has 90 valence electrons. The van der Waals surface area contributed by atoms with Crippen LogP contribution in [-0.4, -0.2) is 6.21 Å². The first-order valence-electron chi connectivity index (χ1n) is 6.16. The van der Waals surface area contributed by atoms with Crippen LogP contribution in [0.2, 0.25) is 0 Å². The highest BCUT2D eigenvalue weighted by atomic mass is 19.1. The van der Waals surface area contributed by atoms with Crippen LogP contribution in [0.5, 0.6) is 0 Å². The summed E-state index contributed by atoms with van der Waals surface area (Å²) in [7, 11) is 0. The second kappa shape index (κ2) is 5.26. The van der Waals surface area contributed by atoms with Crippen LogP contribution in [0.4, 0.5) is 4.39 Å². The molecule has 0 saturated heterocycles. The van der Waals surface area contributed by atoms with E-state index >= 15 is 0 Å². The zero-order chi connectivity index (χ0) is 12.3. The van der Waals surface area contributed by atoms with E-state index in [0.29, 0.717) is 11.5 Å². The highest BCUT2D eigenvalue weighted by molar-refractivity contribution is 5.74. The Morgan fingerprint density at radius 2 is 2.12 bits per heavy atom. The summed E-state index contributed by atoms with van der Waals surface area (Å²) in [5.41, 5.74) is 2.26. The molecular formula is C15H18FN. The van der Waals surface area contributed by atoms with Crippen LogP contribution >= 0.6 is 0 Å². The van der Waals surface area contributed by atoms with Gasteiger partial charge in [-0.15, -0.1) is 0 Å². The normalized spacial score (nSPS) is 16.8. The van der Waals surface area contributed by atoms with E-state index in [2.05, 4.69) is 11.6 Å². The van der Waals surface area contributed by atoms with Crippen LogP contribution in [0.3, 0.4) is 0 Å². The molecular weight excluding hydrogens is 213 g/mol. The molecule has 0 N–H and O–H groups in total. The molecule has 1 aliphatic carbocycles. The number of rotatable bonds is 3. The van der Waals surface area contributed by atoms with Gasteiger partial charge >= 0.3 is 0 Å². The highest BCUT2D eigenvalue weighted by Gasteiger charge is 2.12. The molecule has 2 heteroatoms. The van der Waals surface area contributed by atoms with Crippen molar-refractivity contribution in [2.24, 2.45) is 10.9 Å². The SMILES string of the molecule is C=C(N=CC1CCCC1)c1ccc(F)c(C)c1. The Morgan fingerprint density at radius 1 is 1.41 bits per heavy atom. The molecule has 2 rings (SSSR count). The summed E-state index contributed by atoms with van der Waals surface area (Å²) < 4.78 is 13.1. The molecule has 1 saturated carbocycles. The maximum Gasteiger partial charge on any atom is 0.126 e. The van der Waals surface area contributed by atoms with Crippen molar-refractivity contribution in [2.75, 3.05) is 0 Å². The van der Waals surface area contributed by atoms with Crippen LogP contribution in [-0.2, 0) is 0 Å². The fourth-order valence-corrected chi connectivity index (χ4v) is 2.20. The molecule has 0 aliphatic heterocycles. The van der Waals surface area contributed by atoms with E-state index < -0.39 is 0 Å². The van der Waals surface area contributed by atoms with Crippen LogP contribution in [0.1, 0.15) is 36.8 Å². The highest BCUT2D eigenvalue weighted by Crippen LogP contribution is 2.24. The van der Waals surface area contributed by atoms with E-state index in [1.54, 1.807) is 19.1 Å². The third kappa shape index (κ3) is 3.02. The lowest BCUT2D eigenvalue weighted by Gasteiger charge is -2.04. The average molecular weight is 231 g/mol. The van der Waals surface area contributed by atoms with Crippen LogP contribution in [0.25, 0.3) is 5.70 Å². The van der Waals surface area contributed by atoms with Crippen molar-refractivity contribution < 1.29 is 4.39 Å². The quantitative estimate of drug-likeness (QED) is 0.685. The van der Waals surface area contributed by atoms with Gasteiger partial charge in [-0.25, -0.2) is 4.39 Å². The van der Waals surface area contributed by atoms with Gasteiger partial charge in [0.25, 0.3) is 0 Å². The lowest BCUT2D eigenvalue weighted by Crippen LogP contribution is -1.94. The Kier molecular flexibility index (Phi) is 3.72. The summed E-state index contributed by atoms with van der Waals surface area (Å²) in [6.45, 7) is 5.69. The number of hydrogen-bond donors (Lipinski definition) is 0. The van der Waals surface area contributed by atoms with Gasteiger partial charge in [0.2, 0.25) is 0 Å². The van der Waals surface area contributed by atoms with Gasteiger partial charge in [-0.3, -0.25) is 4.99 Å². The Bertz CT molecular complexity index is 442. The lowest BCUT2D eigenvalue weighted by atomic mass is 10.1. The number of hydrogen-bond acceptors (Lipinski definition) is 1. The van der Waals surface area contributed by atoms with E-state index in [-0.39, 0.29) is 5.82 Å². The predicted molar refractivity (Wildman–Crippen MR) is 70.6 cm³/mol. The third-order valence-corrected chi connectivity index (χ3v) is 3.33. The number of aryl methyl sites for hydroxylation is 1. The molecule has 0 aromatic heterocycles. The monoisotopic (exact) mass is 231 g/mol. The molecule has 1 fully saturated rings. The van der Waals surface area contributed by atoms with E-state index in [1.165, 1.54) is 31.7 Å². The topological polar surface area (TPSA) is 12.4 Å². The van der Waals surface area contributed by atoms with Crippen molar-refractivity contribution in [1.82, 2.24) is 0 Å². The second-order valence-electron chi connectivity index (χ2n) is 4.73. The van der Waals surface area contributed by atoms with Crippen LogP contribution in [0, 0.1) is 18.7 Å². The Balaban J connectivity index is 2.06. The third-order valence-electron chi connectivity index (χ3n) is 3.33. The number of halogens is 1. The molecule has 1 aromatic rings.